The number of phenols is 1. The molecule has 1 fully saturated rings. The summed E-state index contributed by atoms with van der Waals surface area (Å²) in [5.74, 6) is 0.0485. The molecule has 0 radical (unpaired) electrons. The van der Waals surface area contributed by atoms with E-state index in [4.69, 9.17) is 0 Å². The molecule has 8 heteroatoms. The molecule has 0 amide bonds. The van der Waals surface area contributed by atoms with Crippen molar-refractivity contribution in [2.24, 2.45) is 4.99 Å². The summed E-state index contributed by atoms with van der Waals surface area (Å²) in [6, 6.07) is 15.7. The number of rotatable bonds is 10. The molecule has 2 aliphatic heterocycles. The Bertz CT molecular complexity index is 1120. The molecular weight excluding hydrogens is 466 g/mol. The molecule has 0 saturated carbocycles. The van der Waals surface area contributed by atoms with Crippen LogP contribution in [0.1, 0.15) is 56.3 Å². The molecule has 0 aromatic heterocycles. The number of nitrogens with one attached hydrogen (secondary N) is 1. The van der Waals surface area contributed by atoms with Crippen LogP contribution in [0.25, 0.3) is 0 Å². The van der Waals surface area contributed by atoms with Crippen LogP contribution >= 0.6 is 0 Å². The van der Waals surface area contributed by atoms with E-state index in [0.29, 0.717) is 31.0 Å². The number of aliphatic imine (C=N–C) groups is 1. The monoisotopic (exact) mass is 505 g/mol. The summed E-state index contributed by atoms with van der Waals surface area (Å²) in [4.78, 5) is 21.4. The number of carbonyl (C=O) groups is 1. The highest BCUT2D eigenvalue weighted by molar-refractivity contribution is 6.01. The van der Waals surface area contributed by atoms with Crippen LogP contribution in [0, 0.1) is 0 Å². The fourth-order valence-electron chi connectivity index (χ4n) is 5.55. The van der Waals surface area contributed by atoms with E-state index in [1.807, 2.05) is 37.3 Å². The molecule has 0 bridgehead atoms. The van der Waals surface area contributed by atoms with Gasteiger partial charge in [0.1, 0.15) is 24.3 Å². The molecule has 4 atom stereocenters. The van der Waals surface area contributed by atoms with Crippen LogP contribution in [0.5, 0.6) is 5.75 Å². The molecule has 8 nitrogen and oxygen atoms in total. The third kappa shape index (κ3) is 5.87. The number of carboxylic acids is 1. The van der Waals surface area contributed by atoms with Crippen LogP contribution in [0.4, 0.5) is 0 Å². The van der Waals surface area contributed by atoms with Gasteiger partial charge in [0.05, 0.1) is 6.04 Å². The second-order valence-corrected chi connectivity index (χ2v) is 10.1. The summed E-state index contributed by atoms with van der Waals surface area (Å²) in [5, 5.41) is 21.7. The van der Waals surface area contributed by atoms with Crippen LogP contribution in [0.3, 0.4) is 0 Å². The normalized spacial score (nSPS) is 22.5. The van der Waals surface area contributed by atoms with Crippen LogP contribution in [0.15, 0.2) is 66.2 Å². The standard InChI is InChI=1S/C29H39N5O3/c1-5-8-26(29(36)37)34-28(30-19-31-34)23-13-11-22(12-14-23)27(24-9-7-10-25(35)16-24)33-18-20(3)32(15-6-2)17-21(33)4/h6-7,9-14,16,20-21,26-27,31,35H,2,5,8,15,17-19H2,1,3-4H3,(H,36,37)/t20-,21+,26?,27-/m1/s1. The maximum absolute atomic E-state index is 11.9. The van der Waals surface area contributed by atoms with Crippen molar-refractivity contribution in [1.29, 1.82) is 0 Å². The summed E-state index contributed by atoms with van der Waals surface area (Å²) < 4.78 is 0. The van der Waals surface area contributed by atoms with Crippen molar-refractivity contribution >= 4 is 11.8 Å². The third-order valence-corrected chi connectivity index (χ3v) is 7.39. The van der Waals surface area contributed by atoms with Gasteiger partial charge in [0.25, 0.3) is 0 Å². The Kier molecular flexibility index (Phi) is 8.63. The first kappa shape index (κ1) is 26.9. The van der Waals surface area contributed by atoms with Crippen molar-refractivity contribution in [3.63, 3.8) is 0 Å². The number of aliphatic carboxylic acids is 1. The Morgan fingerprint density at radius 3 is 2.57 bits per heavy atom. The smallest absolute Gasteiger partial charge is 0.328 e. The van der Waals surface area contributed by atoms with E-state index < -0.39 is 12.0 Å². The number of hydrazine groups is 1. The maximum Gasteiger partial charge on any atom is 0.328 e. The molecule has 2 aromatic carbocycles. The Morgan fingerprint density at radius 2 is 1.92 bits per heavy atom. The van der Waals surface area contributed by atoms with Gasteiger partial charge in [-0.25, -0.2) is 15.2 Å². The van der Waals surface area contributed by atoms with Gasteiger partial charge in [-0.2, -0.15) is 0 Å². The molecule has 2 heterocycles. The van der Waals surface area contributed by atoms with Gasteiger partial charge in [-0.3, -0.25) is 14.8 Å². The van der Waals surface area contributed by atoms with E-state index in [9.17, 15) is 15.0 Å². The molecule has 37 heavy (non-hydrogen) atoms. The van der Waals surface area contributed by atoms with E-state index >= 15 is 0 Å². The number of phenolic OH excluding ortho intramolecular Hbond substituents is 1. The molecule has 0 spiro atoms. The molecule has 1 unspecified atom stereocenters. The Labute approximate surface area is 219 Å². The number of benzene rings is 2. The molecule has 1 saturated heterocycles. The SMILES string of the molecule is C=CCN1C[C@H](C)N([C@H](c2ccc(C3=NCNN3C(CCC)C(=O)O)cc2)c2cccc(O)c2)C[C@H]1C. The molecule has 2 aromatic rings. The molecule has 4 rings (SSSR count). The molecule has 0 aliphatic carbocycles. The fraction of sp³-hybridized carbons (Fsp3) is 0.448. The van der Waals surface area contributed by atoms with E-state index in [2.05, 4.69) is 58.8 Å². The highest BCUT2D eigenvalue weighted by atomic mass is 16.4. The summed E-state index contributed by atoms with van der Waals surface area (Å²) in [6.07, 6.45) is 3.26. The van der Waals surface area contributed by atoms with Crippen LogP contribution < -0.4 is 5.43 Å². The van der Waals surface area contributed by atoms with Gasteiger partial charge in [-0.15, -0.1) is 6.58 Å². The average Bonchev–Trinajstić information content (AvgIpc) is 3.35. The minimum absolute atomic E-state index is 0.0314. The highest BCUT2D eigenvalue weighted by Gasteiger charge is 2.35. The van der Waals surface area contributed by atoms with Gasteiger partial charge >= 0.3 is 5.97 Å². The second kappa shape index (κ2) is 11.9. The number of nitrogens with zero attached hydrogens (tertiary/aromatic N) is 4. The first-order valence-corrected chi connectivity index (χ1v) is 13.1. The lowest BCUT2D eigenvalue weighted by Crippen LogP contribution is -2.57. The van der Waals surface area contributed by atoms with Gasteiger partial charge in [0.2, 0.25) is 0 Å². The summed E-state index contributed by atoms with van der Waals surface area (Å²) in [5.41, 5.74) is 6.16. The average molecular weight is 506 g/mol. The maximum atomic E-state index is 11.9. The Morgan fingerprint density at radius 1 is 1.16 bits per heavy atom. The zero-order valence-electron chi connectivity index (χ0n) is 22.0. The predicted octanol–water partition coefficient (Wildman–Crippen LogP) is 3.84. The summed E-state index contributed by atoms with van der Waals surface area (Å²) >= 11 is 0. The minimum atomic E-state index is -0.858. The second-order valence-electron chi connectivity index (χ2n) is 10.1. The third-order valence-electron chi connectivity index (χ3n) is 7.39. The molecule has 3 N–H and O–H groups in total. The number of aromatic hydroxyl groups is 1. The van der Waals surface area contributed by atoms with Gasteiger partial charge in [-0.05, 0) is 43.5 Å². The Balaban J connectivity index is 1.65. The van der Waals surface area contributed by atoms with Crippen LogP contribution in [-0.4, -0.2) is 81.3 Å². The first-order valence-electron chi connectivity index (χ1n) is 13.1. The molecule has 2 aliphatic rings. The van der Waals surface area contributed by atoms with Gasteiger partial charge in [0.15, 0.2) is 0 Å². The zero-order chi connectivity index (χ0) is 26.5. The van der Waals surface area contributed by atoms with Crippen LogP contribution in [-0.2, 0) is 4.79 Å². The summed E-state index contributed by atoms with van der Waals surface area (Å²) in [7, 11) is 0. The van der Waals surface area contributed by atoms with Gasteiger partial charge in [-0.1, -0.05) is 55.8 Å². The lowest BCUT2D eigenvalue weighted by Gasteiger charge is -2.47. The number of hydrogen-bond acceptors (Lipinski definition) is 7. The zero-order valence-corrected chi connectivity index (χ0v) is 22.0. The van der Waals surface area contributed by atoms with Gasteiger partial charge in [0, 0.05) is 37.3 Å². The van der Waals surface area contributed by atoms with E-state index in [0.717, 1.165) is 42.7 Å². The first-order chi connectivity index (χ1) is 17.8. The number of amidine groups is 1. The van der Waals surface area contributed by atoms with Crippen molar-refractivity contribution in [2.75, 3.05) is 26.3 Å². The van der Waals surface area contributed by atoms with Crippen molar-refractivity contribution in [2.45, 2.75) is 57.8 Å². The van der Waals surface area contributed by atoms with E-state index in [1.165, 1.54) is 0 Å². The topological polar surface area (TPSA) is 91.6 Å². The number of piperazine rings is 1. The number of hydrogen-bond donors (Lipinski definition) is 3. The fourth-order valence-corrected chi connectivity index (χ4v) is 5.55. The summed E-state index contributed by atoms with van der Waals surface area (Å²) in [6.45, 7) is 13.5. The molecular formula is C29H39N5O3. The van der Waals surface area contributed by atoms with Crippen LogP contribution in [0.2, 0.25) is 0 Å². The van der Waals surface area contributed by atoms with Crippen molar-refractivity contribution in [3.8, 4) is 5.75 Å². The van der Waals surface area contributed by atoms with Gasteiger partial charge < -0.3 is 10.2 Å². The van der Waals surface area contributed by atoms with E-state index in [-0.39, 0.29) is 11.8 Å². The Hall–Kier alpha value is -3.20. The van der Waals surface area contributed by atoms with Crippen molar-refractivity contribution < 1.29 is 15.0 Å². The largest absolute Gasteiger partial charge is 0.508 e. The van der Waals surface area contributed by atoms with Crippen molar-refractivity contribution in [3.05, 3.63) is 77.9 Å². The predicted molar refractivity (Wildman–Crippen MR) is 147 cm³/mol. The molecule has 198 valence electrons. The lowest BCUT2D eigenvalue weighted by molar-refractivity contribution is -0.142. The minimum Gasteiger partial charge on any atom is -0.508 e. The lowest BCUT2D eigenvalue weighted by atomic mass is 9.92. The number of carboxylic acid groups (broad SMARTS) is 1. The highest BCUT2D eigenvalue weighted by Crippen LogP contribution is 2.35. The quantitative estimate of drug-likeness (QED) is 0.423. The van der Waals surface area contributed by atoms with E-state index in [1.54, 1.807) is 11.1 Å². The van der Waals surface area contributed by atoms with Crippen molar-refractivity contribution in [1.82, 2.24) is 20.2 Å².